The molecule has 2 heterocycles. The number of nitrogens with zero attached hydrogens (tertiary/aromatic N) is 3. The van der Waals surface area contributed by atoms with Crippen LogP contribution in [0.3, 0.4) is 0 Å². The van der Waals surface area contributed by atoms with Crippen molar-refractivity contribution in [3.05, 3.63) is 69.3 Å². The molecule has 1 aromatic carbocycles. The number of ketones is 1. The third kappa shape index (κ3) is 3.07. The van der Waals surface area contributed by atoms with Crippen molar-refractivity contribution in [2.24, 2.45) is 0 Å². The first-order valence-corrected chi connectivity index (χ1v) is 8.35. The van der Waals surface area contributed by atoms with Crippen molar-refractivity contribution >= 4 is 28.9 Å². The lowest BCUT2D eigenvalue weighted by Gasteiger charge is -2.03. The zero-order valence-corrected chi connectivity index (χ0v) is 14.4. The number of hydrogen-bond donors (Lipinski definition) is 0. The molecule has 0 aliphatic rings. The number of hydrogen-bond acceptors (Lipinski definition) is 5. The molecule has 0 unspecified atom stereocenters. The van der Waals surface area contributed by atoms with Crippen LogP contribution in [0.1, 0.15) is 26.4 Å². The standard InChI is InChI=1S/C18H12ClN3OS/c1-11-5-2-3-6-12(11)17-14(10-20)16(24-22-17)9-15(23)13-7-4-8-21-18(13)19/h2-8H,9H2,1H3. The minimum absolute atomic E-state index is 0.0812. The van der Waals surface area contributed by atoms with Gasteiger partial charge < -0.3 is 0 Å². The summed E-state index contributed by atoms with van der Waals surface area (Å²) in [6.07, 6.45) is 1.61. The van der Waals surface area contributed by atoms with E-state index >= 15 is 0 Å². The second-order valence-corrected chi connectivity index (χ2v) is 6.41. The Morgan fingerprint density at radius 3 is 2.79 bits per heavy atom. The minimum Gasteiger partial charge on any atom is -0.294 e. The van der Waals surface area contributed by atoms with Crippen molar-refractivity contribution in [3.63, 3.8) is 0 Å². The molecule has 4 nitrogen and oxygen atoms in total. The molecule has 0 N–H and O–H groups in total. The van der Waals surface area contributed by atoms with Gasteiger partial charge >= 0.3 is 0 Å². The predicted molar refractivity (Wildman–Crippen MR) is 94.3 cm³/mol. The smallest absolute Gasteiger partial charge is 0.171 e. The molecular formula is C18H12ClN3OS. The molecule has 0 aliphatic carbocycles. The summed E-state index contributed by atoms with van der Waals surface area (Å²) in [7, 11) is 0. The van der Waals surface area contributed by atoms with Gasteiger partial charge in [-0.3, -0.25) is 4.79 Å². The topological polar surface area (TPSA) is 66.6 Å². The van der Waals surface area contributed by atoms with Crippen LogP contribution in [-0.2, 0) is 6.42 Å². The van der Waals surface area contributed by atoms with Gasteiger partial charge in [0.25, 0.3) is 0 Å². The van der Waals surface area contributed by atoms with Crippen LogP contribution in [0.2, 0.25) is 5.15 Å². The summed E-state index contributed by atoms with van der Waals surface area (Å²) in [6, 6.07) is 13.2. The SMILES string of the molecule is Cc1ccccc1-c1nsc(CC(=O)c2cccnc2Cl)c1C#N. The van der Waals surface area contributed by atoms with Crippen molar-refractivity contribution < 1.29 is 4.79 Å². The number of benzene rings is 1. The lowest BCUT2D eigenvalue weighted by molar-refractivity contribution is 0.0993. The summed E-state index contributed by atoms with van der Waals surface area (Å²) < 4.78 is 4.41. The normalized spacial score (nSPS) is 10.4. The average Bonchev–Trinajstić information content (AvgIpc) is 2.98. The maximum Gasteiger partial charge on any atom is 0.171 e. The number of carbonyl (C=O) groups is 1. The van der Waals surface area contributed by atoms with Gasteiger partial charge in [-0.1, -0.05) is 35.9 Å². The second kappa shape index (κ2) is 6.91. The molecule has 0 atom stereocenters. The fraction of sp³-hybridized carbons (Fsp3) is 0.111. The predicted octanol–water partition coefficient (Wildman–Crippen LogP) is 4.46. The van der Waals surface area contributed by atoms with E-state index in [2.05, 4.69) is 15.4 Å². The molecular weight excluding hydrogens is 342 g/mol. The Labute approximate surface area is 148 Å². The molecule has 6 heteroatoms. The molecule has 3 aromatic rings. The lowest BCUT2D eigenvalue weighted by atomic mass is 10.0. The zero-order valence-electron chi connectivity index (χ0n) is 12.8. The van der Waals surface area contributed by atoms with E-state index in [0.29, 0.717) is 21.7 Å². The van der Waals surface area contributed by atoms with Gasteiger partial charge in [0.15, 0.2) is 5.78 Å². The van der Waals surface area contributed by atoms with E-state index in [1.165, 1.54) is 17.7 Å². The summed E-state index contributed by atoms with van der Waals surface area (Å²) >= 11 is 7.15. The molecule has 0 amide bonds. The van der Waals surface area contributed by atoms with Gasteiger partial charge in [0.2, 0.25) is 0 Å². The number of halogens is 1. The van der Waals surface area contributed by atoms with Crippen LogP contribution in [-0.4, -0.2) is 15.1 Å². The summed E-state index contributed by atoms with van der Waals surface area (Å²) in [5.41, 5.74) is 3.37. The molecule has 0 spiro atoms. The van der Waals surface area contributed by atoms with Crippen molar-refractivity contribution in [1.82, 2.24) is 9.36 Å². The molecule has 0 aliphatic heterocycles. The Morgan fingerprint density at radius 1 is 1.29 bits per heavy atom. The van der Waals surface area contributed by atoms with Crippen LogP contribution in [0.4, 0.5) is 0 Å². The van der Waals surface area contributed by atoms with E-state index in [1.54, 1.807) is 12.1 Å². The van der Waals surface area contributed by atoms with Gasteiger partial charge in [-0.2, -0.15) is 9.64 Å². The summed E-state index contributed by atoms with van der Waals surface area (Å²) in [4.78, 5) is 17.0. The molecule has 0 bridgehead atoms. The van der Waals surface area contributed by atoms with Crippen LogP contribution < -0.4 is 0 Å². The van der Waals surface area contributed by atoms with Crippen molar-refractivity contribution in [3.8, 4) is 17.3 Å². The van der Waals surface area contributed by atoms with Crippen LogP contribution in [0.5, 0.6) is 0 Å². The highest BCUT2D eigenvalue weighted by molar-refractivity contribution is 7.06. The maximum absolute atomic E-state index is 12.5. The fourth-order valence-electron chi connectivity index (χ4n) is 2.42. The minimum atomic E-state index is -0.176. The second-order valence-electron chi connectivity index (χ2n) is 5.20. The van der Waals surface area contributed by atoms with E-state index in [1.807, 2.05) is 31.2 Å². The summed E-state index contributed by atoms with van der Waals surface area (Å²) in [5, 5.41) is 9.72. The van der Waals surface area contributed by atoms with E-state index in [-0.39, 0.29) is 17.4 Å². The first-order chi connectivity index (χ1) is 11.6. The van der Waals surface area contributed by atoms with Crippen molar-refractivity contribution in [1.29, 1.82) is 5.26 Å². The molecule has 118 valence electrons. The number of nitriles is 1. The third-order valence-electron chi connectivity index (χ3n) is 3.66. The van der Waals surface area contributed by atoms with Gasteiger partial charge in [-0.15, -0.1) is 0 Å². The summed E-state index contributed by atoms with van der Waals surface area (Å²) in [5.74, 6) is -0.176. The van der Waals surface area contributed by atoms with Crippen molar-refractivity contribution in [2.75, 3.05) is 0 Å². The number of rotatable bonds is 4. The molecule has 0 radical (unpaired) electrons. The molecule has 2 aromatic heterocycles. The van der Waals surface area contributed by atoms with Crippen molar-refractivity contribution in [2.45, 2.75) is 13.3 Å². The fourth-order valence-corrected chi connectivity index (χ4v) is 3.46. The van der Waals surface area contributed by atoms with Crippen LogP contribution in [0.15, 0.2) is 42.6 Å². The van der Waals surface area contributed by atoms with Crippen LogP contribution in [0.25, 0.3) is 11.3 Å². The first kappa shape index (κ1) is 16.3. The highest BCUT2D eigenvalue weighted by Crippen LogP contribution is 2.31. The Balaban J connectivity index is 1.97. The largest absolute Gasteiger partial charge is 0.294 e. The quantitative estimate of drug-likeness (QED) is 0.513. The van der Waals surface area contributed by atoms with Gasteiger partial charge in [0.05, 0.1) is 16.0 Å². The molecule has 0 saturated carbocycles. The number of aromatic nitrogens is 2. The number of Topliss-reactive ketones (excluding diaryl/α,β-unsaturated/α-hetero) is 1. The number of aryl methyl sites for hydroxylation is 1. The van der Waals surface area contributed by atoms with Gasteiger partial charge in [-0.05, 0) is 36.2 Å². The zero-order chi connectivity index (χ0) is 17.1. The van der Waals surface area contributed by atoms with Crippen LogP contribution in [0, 0.1) is 18.3 Å². The van der Waals surface area contributed by atoms with E-state index in [0.717, 1.165) is 11.1 Å². The maximum atomic E-state index is 12.5. The van der Waals surface area contributed by atoms with Gasteiger partial charge in [0, 0.05) is 18.2 Å². The first-order valence-electron chi connectivity index (χ1n) is 7.20. The number of carbonyl (C=O) groups excluding carboxylic acids is 1. The Morgan fingerprint density at radius 2 is 2.08 bits per heavy atom. The van der Waals surface area contributed by atoms with E-state index < -0.39 is 0 Å². The third-order valence-corrected chi connectivity index (χ3v) is 4.80. The Hall–Kier alpha value is -2.55. The number of pyridine rings is 1. The van der Waals surface area contributed by atoms with E-state index in [4.69, 9.17) is 11.6 Å². The average molecular weight is 354 g/mol. The van der Waals surface area contributed by atoms with Gasteiger partial charge in [0.1, 0.15) is 16.9 Å². The van der Waals surface area contributed by atoms with E-state index in [9.17, 15) is 10.1 Å². The van der Waals surface area contributed by atoms with Crippen LogP contribution >= 0.6 is 23.1 Å². The molecule has 3 rings (SSSR count). The Bertz CT molecular complexity index is 959. The lowest BCUT2D eigenvalue weighted by Crippen LogP contribution is -2.05. The summed E-state index contributed by atoms with van der Waals surface area (Å²) in [6.45, 7) is 1.97. The molecule has 0 saturated heterocycles. The molecule has 24 heavy (non-hydrogen) atoms. The molecule has 0 fully saturated rings. The highest BCUT2D eigenvalue weighted by Gasteiger charge is 2.20. The Kier molecular flexibility index (Phi) is 4.70. The highest BCUT2D eigenvalue weighted by atomic mass is 35.5. The van der Waals surface area contributed by atoms with Gasteiger partial charge in [-0.25, -0.2) is 4.98 Å². The monoisotopic (exact) mass is 353 g/mol.